The van der Waals surface area contributed by atoms with Gasteiger partial charge in [-0.2, -0.15) is 0 Å². The number of esters is 1. The number of hydrogen-bond donors (Lipinski definition) is 3. The van der Waals surface area contributed by atoms with Crippen molar-refractivity contribution in [2.24, 2.45) is 0 Å². The van der Waals surface area contributed by atoms with Crippen LogP contribution in [0, 0.1) is 5.82 Å². The van der Waals surface area contributed by atoms with Crippen LogP contribution in [-0.2, 0) is 9.53 Å². The molecule has 7 nitrogen and oxygen atoms in total. The van der Waals surface area contributed by atoms with Gasteiger partial charge in [-0.1, -0.05) is 12.1 Å². The third-order valence-corrected chi connectivity index (χ3v) is 4.32. The largest absolute Gasteiger partial charge is 0.497 e. The van der Waals surface area contributed by atoms with E-state index in [1.165, 1.54) is 31.4 Å². The van der Waals surface area contributed by atoms with Crippen LogP contribution in [0.15, 0.2) is 59.8 Å². The number of carbonyl (C=O) groups is 2. The van der Waals surface area contributed by atoms with Crippen molar-refractivity contribution in [1.29, 1.82) is 0 Å². The molecule has 1 aliphatic rings. The first-order valence-corrected chi connectivity index (χ1v) is 8.54. The molecule has 2 aromatic carbocycles. The number of benzene rings is 2. The molecule has 146 valence electrons. The number of carbonyl (C=O) groups excluding carboxylic acids is 2. The lowest BCUT2D eigenvalue weighted by Crippen LogP contribution is -2.47. The summed E-state index contributed by atoms with van der Waals surface area (Å²) in [6.45, 7) is 0.182. The average Bonchev–Trinajstić information content (AvgIpc) is 2.72. The summed E-state index contributed by atoms with van der Waals surface area (Å²) in [6, 6.07) is 11.6. The van der Waals surface area contributed by atoms with Gasteiger partial charge in [-0.15, -0.1) is 0 Å². The Kier molecular flexibility index (Phi) is 5.78. The molecule has 0 bridgehead atoms. The van der Waals surface area contributed by atoms with Gasteiger partial charge in [0.1, 0.15) is 11.6 Å². The highest BCUT2D eigenvalue weighted by molar-refractivity contribution is 5.95. The first kappa shape index (κ1) is 19.2. The molecule has 1 aliphatic heterocycles. The van der Waals surface area contributed by atoms with E-state index in [-0.39, 0.29) is 12.1 Å². The van der Waals surface area contributed by atoms with Gasteiger partial charge in [0.25, 0.3) is 0 Å². The van der Waals surface area contributed by atoms with Crippen LogP contribution < -0.4 is 20.7 Å². The number of urea groups is 1. The Balaban J connectivity index is 1.91. The van der Waals surface area contributed by atoms with Crippen LogP contribution in [0.25, 0.3) is 0 Å². The van der Waals surface area contributed by atoms with Crippen LogP contribution in [0.3, 0.4) is 0 Å². The third kappa shape index (κ3) is 4.22. The van der Waals surface area contributed by atoms with Crippen molar-refractivity contribution in [3.05, 3.63) is 71.2 Å². The van der Waals surface area contributed by atoms with Crippen molar-refractivity contribution in [3.8, 4) is 5.75 Å². The Hall–Kier alpha value is -3.55. The number of methoxy groups -OCH3 is 2. The molecule has 0 aromatic heterocycles. The molecule has 1 heterocycles. The summed E-state index contributed by atoms with van der Waals surface area (Å²) in [6.07, 6.45) is 0. The summed E-state index contributed by atoms with van der Waals surface area (Å²) in [5, 5.41) is 8.49. The number of rotatable bonds is 6. The smallest absolute Gasteiger partial charge is 0.338 e. The number of amides is 2. The van der Waals surface area contributed by atoms with Gasteiger partial charge in [-0.25, -0.2) is 14.0 Å². The second kappa shape index (κ2) is 8.43. The molecule has 0 spiro atoms. The quantitative estimate of drug-likeness (QED) is 0.666. The second-order valence-electron chi connectivity index (χ2n) is 6.05. The van der Waals surface area contributed by atoms with Crippen molar-refractivity contribution in [3.63, 3.8) is 0 Å². The van der Waals surface area contributed by atoms with Crippen LogP contribution in [0.2, 0.25) is 0 Å². The third-order valence-electron chi connectivity index (χ3n) is 4.32. The topological polar surface area (TPSA) is 88.7 Å². The van der Waals surface area contributed by atoms with Gasteiger partial charge in [0.2, 0.25) is 0 Å². The Labute approximate surface area is 161 Å². The first-order valence-electron chi connectivity index (χ1n) is 8.54. The van der Waals surface area contributed by atoms with E-state index < -0.39 is 23.9 Å². The Morgan fingerprint density at radius 3 is 2.39 bits per heavy atom. The fourth-order valence-corrected chi connectivity index (χ4v) is 2.91. The maximum Gasteiger partial charge on any atom is 0.338 e. The van der Waals surface area contributed by atoms with Crippen molar-refractivity contribution >= 4 is 17.7 Å². The van der Waals surface area contributed by atoms with Gasteiger partial charge in [0.05, 0.1) is 38.1 Å². The van der Waals surface area contributed by atoms with E-state index in [4.69, 9.17) is 9.47 Å². The molecular formula is C20H20FN3O4. The standard InChI is InChI=1S/C20H20FN3O4/c1-27-15-9-7-14(8-10-15)22-11-16-17(19(25)28-2)18(24-20(26)23-16)12-3-5-13(21)6-4-12/h3-10,18,22H,11H2,1-2H3,(H2,23,24,26)/t18-/m1/s1. The van der Waals surface area contributed by atoms with Crippen molar-refractivity contribution in [2.45, 2.75) is 6.04 Å². The second-order valence-corrected chi connectivity index (χ2v) is 6.05. The number of nitrogens with one attached hydrogen (secondary N) is 3. The molecule has 2 aromatic rings. The highest BCUT2D eigenvalue weighted by Gasteiger charge is 2.33. The predicted molar refractivity (Wildman–Crippen MR) is 101 cm³/mol. The molecule has 3 N–H and O–H groups in total. The van der Waals surface area contributed by atoms with Crippen LogP contribution in [-0.4, -0.2) is 32.8 Å². The normalized spacial score (nSPS) is 16.1. The van der Waals surface area contributed by atoms with Crippen LogP contribution >= 0.6 is 0 Å². The number of halogens is 1. The lowest BCUT2D eigenvalue weighted by atomic mass is 9.95. The van der Waals surface area contributed by atoms with E-state index in [0.29, 0.717) is 17.0 Å². The molecule has 3 rings (SSSR count). The van der Waals surface area contributed by atoms with E-state index in [1.54, 1.807) is 19.2 Å². The predicted octanol–water partition coefficient (Wildman–Crippen LogP) is 2.73. The lowest BCUT2D eigenvalue weighted by Gasteiger charge is -2.29. The SMILES string of the molecule is COC(=O)C1=C(CNc2ccc(OC)cc2)NC(=O)N[C@@H]1c1ccc(F)cc1. The van der Waals surface area contributed by atoms with E-state index in [2.05, 4.69) is 16.0 Å². The fourth-order valence-electron chi connectivity index (χ4n) is 2.91. The minimum Gasteiger partial charge on any atom is -0.497 e. The summed E-state index contributed by atoms with van der Waals surface area (Å²) in [7, 11) is 2.85. The zero-order valence-corrected chi connectivity index (χ0v) is 15.4. The summed E-state index contributed by atoms with van der Waals surface area (Å²) in [5.74, 6) is -0.283. The van der Waals surface area contributed by atoms with Crippen molar-refractivity contribution in [1.82, 2.24) is 10.6 Å². The summed E-state index contributed by atoms with van der Waals surface area (Å²) in [5.41, 5.74) is 1.97. The summed E-state index contributed by atoms with van der Waals surface area (Å²) < 4.78 is 23.3. The average molecular weight is 385 g/mol. The number of hydrogen-bond acceptors (Lipinski definition) is 5. The Bertz CT molecular complexity index is 895. The molecular weight excluding hydrogens is 365 g/mol. The zero-order chi connectivity index (χ0) is 20.1. The fraction of sp³-hybridized carbons (Fsp3) is 0.200. The minimum absolute atomic E-state index is 0.182. The highest BCUT2D eigenvalue weighted by atomic mass is 19.1. The van der Waals surface area contributed by atoms with Crippen LogP contribution in [0.1, 0.15) is 11.6 Å². The van der Waals surface area contributed by atoms with Crippen molar-refractivity contribution in [2.75, 3.05) is 26.1 Å². The van der Waals surface area contributed by atoms with Crippen LogP contribution in [0.5, 0.6) is 5.75 Å². The molecule has 1 atom stereocenters. The maximum atomic E-state index is 13.3. The van der Waals surface area contributed by atoms with Gasteiger partial charge in [-0.3, -0.25) is 0 Å². The molecule has 0 unspecified atom stereocenters. The highest BCUT2D eigenvalue weighted by Crippen LogP contribution is 2.28. The zero-order valence-electron chi connectivity index (χ0n) is 15.4. The Morgan fingerprint density at radius 1 is 1.11 bits per heavy atom. The van der Waals surface area contributed by atoms with Gasteiger partial charge in [0.15, 0.2) is 0 Å². The Morgan fingerprint density at radius 2 is 1.79 bits per heavy atom. The number of anilines is 1. The van der Waals surface area contributed by atoms with Gasteiger partial charge < -0.3 is 25.4 Å². The molecule has 2 amide bonds. The van der Waals surface area contributed by atoms with E-state index in [0.717, 1.165) is 5.69 Å². The van der Waals surface area contributed by atoms with Crippen molar-refractivity contribution < 1.29 is 23.5 Å². The molecule has 28 heavy (non-hydrogen) atoms. The van der Waals surface area contributed by atoms with Gasteiger partial charge in [0, 0.05) is 5.69 Å². The van der Waals surface area contributed by atoms with E-state index in [9.17, 15) is 14.0 Å². The maximum absolute atomic E-state index is 13.3. The van der Waals surface area contributed by atoms with E-state index >= 15 is 0 Å². The lowest BCUT2D eigenvalue weighted by molar-refractivity contribution is -0.136. The first-order chi connectivity index (χ1) is 13.5. The minimum atomic E-state index is -0.755. The van der Waals surface area contributed by atoms with Gasteiger partial charge >= 0.3 is 12.0 Å². The summed E-state index contributed by atoms with van der Waals surface area (Å²) >= 11 is 0. The molecule has 0 saturated carbocycles. The van der Waals surface area contributed by atoms with E-state index in [1.807, 2.05) is 12.1 Å². The molecule has 0 aliphatic carbocycles. The molecule has 8 heteroatoms. The monoisotopic (exact) mass is 385 g/mol. The molecule has 0 radical (unpaired) electrons. The van der Waals surface area contributed by atoms with Gasteiger partial charge in [-0.05, 0) is 42.0 Å². The summed E-state index contributed by atoms with van der Waals surface area (Å²) in [4.78, 5) is 24.6. The molecule has 0 saturated heterocycles. The number of ether oxygens (including phenoxy) is 2. The van der Waals surface area contributed by atoms with Crippen LogP contribution in [0.4, 0.5) is 14.9 Å². The molecule has 0 fully saturated rings.